The first-order valence-corrected chi connectivity index (χ1v) is 21.7. The summed E-state index contributed by atoms with van der Waals surface area (Å²) >= 11 is 0. The molecule has 2 saturated heterocycles. The van der Waals surface area contributed by atoms with Crippen LogP contribution in [-0.4, -0.2) is 73.6 Å². The topological polar surface area (TPSA) is 103 Å². The van der Waals surface area contributed by atoms with Crippen molar-refractivity contribution in [3.63, 3.8) is 0 Å². The molecule has 2 aliphatic heterocycles. The van der Waals surface area contributed by atoms with Crippen LogP contribution < -0.4 is 0 Å². The first-order valence-electron chi connectivity index (χ1n) is 21.7. The van der Waals surface area contributed by atoms with Gasteiger partial charge in [-0.3, -0.25) is 0 Å². The third kappa shape index (κ3) is 13.0. The van der Waals surface area contributed by atoms with E-state index in [1.54, 1.807) is 0 Å². The predicted molar refractivity (Wildman–Crippen MR) is 237 cm³/mol. The third-order valence-electron chi connectivity index (χ3n) is 11.1. The Labute approximate surface area is 370 Å². The van der Waals surface area contributed by atoms with Crippen LogP contribution in [0.3, 0.4) is 0 Å². The van der Waals surface area contributed by atoms with E-state index in [1.807, 2.05) is 182 Å². The van der Waals surface area contributed by atoms with Crippen molar-refractivity contribution in [3.8, 4) is 0 Å². The van der Waals surface area contributed by atoms with E-state index in [0.717, 1.165) is 33.4 Å². The highest BCUT2D eigenvalue weighted by molar-refractivity contribution is 5.18. The smallest absolute Gasteiger partial charge is 0.187 e. The van der Waals surface area contributed by atoms with E-state index < -0.39 is 55.3 Å². The van der Waals surface area contributed by atoms with Crippen molar-refractivity contribution in [3.05, 3.63) is 215 Å². The van der Waals surface area contributed by atoms with Gasteiger partial charge in [0.2, 0.25) is 0 Å². The van der Waals surface area contributed by atoms with Gasteiger partial charge in [0.05, 0.1) is 52.9 Å². The summed E-state index contributed by atoms with van der Waals surface area (Å²) in [5.74, 6) is 0. The molecule has 2 heterocycles. The molecule has 1 N–H and O–H groups in total. The van der Waals surface area contributed by atoms with E-state index in [1.165, 1.54) is 0 Å². The third-order valence-corrected chi connectivity index (χ3v) is 11.1. The summed E-state index contributed by atoms with van der Waals surface area (Å²) in [5, 5.41) is 11.4. The number of ether oxygens (including phenoxy) is 9. The van der Waals surface area contributed by atoms with E-state index in [9.17, 15) is 5.11 Å². The number of aliphatic hydroxyl groups excluding tert-OH is 1. The van der Waals surface area contributed by atoms with Gasteiger partial charge < -0.3 is 47.7 Å². The van der Waals surface area contributed by atoms with E-state index in [0.29, 0.717) is 19.8 Å². The zero-order chi connectivity index (χ0) is 42.9. The van der Waals surface area contributed by atoms with Gasteiger partial charge in [-0.15, -0.1) is 0 Å². The molecule has 0 bridgehead atoms. The molecule has 0 amide bonds. The maximum Gasteiger partial charge on any atom is 0.187 e. The number of benzene rings is 6. The Morgan fingerprint density at radius 2 is 0.635 bits per heavy atom. The molecule has 2 aliphatic rings. The second kappa shape index (κ2) is 23.6. The molecule has 63 heavy (non-hydrogen) atoms. The lowest BCUT2D eigenvalue weighted by Gasteiger charge is -2.46. The van der Waals surface area contributed by atoms with Crippen LogP contribution in [0, 0.1) is 0 Å². The van der Waals surface area contributed by atoms with Gasteiger partial charge in [-0.05, 0) is 33.4 Å². The fourth-order valence-electron chi connectivity index (χ4n) is 7.83. The van der Waals surface area contributed by atoms with Crippen LogP contribution in [0.5, 0.6) is 0 Å². The molecule has 0 radical (unpaired) electrons. The Kier molecular flexibility index (Phi) is 16.7. The Hall–Kier alpha value is -5.08. The zero-order valence-electron chi connectivity index (χ0n) is 35.3. The number of hydrogen-bond acceptors (Lipinski definition) is 10. The molecule has 0 spiro atoms. The predicted octanol–water partition coefficient (Wildman–Crippen LogP) is 8.59. The normalized spacial score (nSPS) is 24.6. The van der Waals surface area contributed by atoms with Crippen LogP contribution in [0.15, 0.2) is 182 Å². The lowest BCUT2D eigenvalue weighted by Crippen LogP contribution is -2.62. The molecular weight excluding hydrogens is 797 g/mol. The summed E-state index contributed by atoms with van der Waals surface area (Å²) < 4.78 is 59.7. The van der Waals surface area contributed by atoms with E-state index >= 15 is 0 Å². The van der Waals surface area contributed by atoms with Gasteiger partial charge in [-0.1, -0.05) is 182 Å². The molecule has 0 unspecified atom stereocenters. The number of rotatable bonds is 22. The molecule has 8 rings (SSSR count). The van der Waals surface area contributed by atoms with Crippen LogP contribution in [0.2, 0.25) is 0 Å². The van der Waals surface area contributed by atoms with Crippen LogP contribution in [0.25, 0.3) is 0 Å². The number of aliphatic hydroxyl groups is 1. The number of hydrogen-bond donors (Lipinski definition) is 1. The molecule has 0 aromatic heterocycles. The Morgan fingerprint density at radius 3 is 1.05 bits per heavy atom. The second-order valence-electron chi connectivity index (χ2n) is 15.7. The molecule has 9 atom stereocenters. The second-order valence-corrected chi connectivity index (χ2v) is 15.7. The van der Waals surface area contributed by atoms with E-state index in [4.69, 9.17) is 42.6 Å². The minimum Gasteiger partial charge on any atom is -0.374 e. The van der Waals surface area contributed by atoms with Gasteiger partial charge in [-0.25, -0.2) is 0 Å². The Bertz CT molecular complexity index is 2150. The zero-order valence-corrected chi connectivity index (χ0v) is 35.3. The average Bonchev–Trinajstić information content (AvgIpc) is 3.65. The molecule has 10 heteroatoms. The molecule has 6 aromatic carbocycles. The van der Waals surface area contributed by atoms with Gasteiger partial charge in [0.25, 0.3) is 0 Å². The summed E-state index contributed by atoms with van der Waals surface area (Å²) in [6.07, 6.45) is -7.18. The summed E-state index contributed by atoms with van der Waals surface area (Å²) in [5.41, 5.74) is 5.95. The largest absolute Gasteiger partial charge is 0.374 e. The molecular formula is C53H56O10. The highest BCUT2D eigenvalue weighted by atomic mass is 16.7. The first-order chi connectivity index (χ1) is 31.2. The van der Waals surface area contributed by atoms with Crippen LogP contribution in [-0.2, 0) is 82.3 Å². The lowest BCUT2D eigenvalue weighted by molar-refractivity contribution is -0.332. The van der Waals surface area contributed by atoms with Gasteiger partial charge in [-0.2, -0.15) is 0 Å². The van der Waals surface area contributed by atoms with Crippen molar-refractivity contribution >= 4 is 0 Å². The van der Waals surface area contributed by atoms with Crippen molar-refractivity contribution in [2.75, 3.05) is 13.2 Å². The fourth-order valence-corrected chi connectivity index (χ4v) is 7.83. The van der Waals surface area contributed by atoms with Crippen molar-refractivity contribution in [2.24, 2.45) is 0 Å². The van der Waals surface area contributed by atoms with Crippen LogP contribution in [0.4, 0.5) is 0 Å². The van der Waals surface area contributed by atoms with Crippen LogP contribution in [0.1, 0.15) is 33.4 Å². The summed E-state index contributed by atoms with van der Waals surface area (Å²) in [6.45, 7) is 1.95. The minimum absolute atomic E-state index is 0.0177. The molecule has 0 saturated carbocycles. The van der Waals surface area contributed by atoms with Crippen molar-refractivity contribution in [1.29, 1.82) is 0 Å². The van der Waals surface area contributed by atoms with Crippen LogP contribution >= 0.6 is 0 Å². The van der Waals surface area contributed by atoms with E-state index in [2.05, 4.69) is 0 Å². The Balaban J connectivity index is 1.08. The summed E-state index contributed by atoms with van der Waals surface area (Å²) in [4.78, 5) is 0. The average molecular weight is 853 g/mol. The van der Waals surface area contributed by atoms with Gasteiger partial charge in [0.15, 0.2) is 12.6 Å². The van der Waals surface area contributed by atoms with Gasteiger partial charge >= 0.3 is 0 Å². The summed E-state index contributed by atoms with van der Waals surface area (Å²) in [6, 6.07) is 59.7. The quantitative estimate of drug-likeness (QED) is 0.0715. The molecule has 328 valence electrons. The monoisotopic (exact) mass is 852 g/mol. The molecule has 2 fully saturated rings. The standard InChI is InChI=1S/C53H56O10/c54-52-50(59-35-43-27-15-5-16-28-43)48(57-33-41-23-11-3-12-24-41)46(62-52)38-61-53-51(60-36-44-29-17-6-18-30-44)49(58-34-42-25-13-4-14-26-42)47(56-32-40-21-9-2-10-22-40)45(63-53)37-55-31-39-19-7-1-8-20-39/h1-30,45-54H,31-38H2/t45-,46-,47-,48-,49+,50-,51-,52-,53-/m1/s1. The SMILES string of the molecule is O[C@@H]1O[C@H](CO[C@@H]2O[C@H](COCc3ccccc3)[C@@H](OCc3ccccc3)[C@H](OCc3ccccc3)[C@H]2OCc2ccccc2)[C@@H](OCc2ccccc2)[C@H]1OCc1ccccc1. The van der Waals surface area contributed by atoms with Gasteiger partial charge in [0, 0.05) is 0 Å². The lowest BCUT2D eigenvalue weighted by atomic mass is 9.97. The highest BCUT2D eigenvalue weighted by Crippen LogP contribution is 2.34. The maximum absolute atomic E-state index is 11.4. The molecule has 6 aromatic rings. The van der Waals surface area contributed by atoms with E-state index in [-0.39, 0.29) is 33.0 Å². The van der Waals surface area contributed by atoms with Crippen molar-refractivity contribution in [2.45, 2.75) is 94.9 Å². The van der Waals surface area contributed by atoms with Crippen molar-refractivity contribution in [1.82, 2.24) is 0 Å². The Morgan fingerprint density at radius 1 is 0.317 bits per heavy atom. The fraction of sp³-hybridized carbons (Fsp3) is 0.321. The minimum atomic E-state index is -1.27. The maximum atomic E-state index is 11.4. The summed E-state index contributed by atoms with van der Waals surface area (Å²) in [7, 11) is 0. The molecule has 0 aliphatic carbocycles. The van der Waals surface area contributed by atoms with Gasteiger partial charge in [0.1, 0.15) is 42.7 Å². The molecule has 10 nitrogen and oxygen atoms in total. The highest BCUT2D eigenvalue weighted by Gasteiger charge is 2.51. The first kappa shape index (κ1) is 44.5. The van der Waals surface area contributed by atoms with Crippen molar-refractivity contribution < 1.29 is 47.7 Å².